The number of hydrogen-bond acceptors (Lipinski definition) is 4. The van der Waals surface area contributed by atoms with Gasteiger partial charge in [-0.3, -0.25) is 0 Å². The average molecular weight is 213 g/mol. The molecule has 0 spiro atoms. The van der Waals surface area contributed by atoms with Crippen molar-refractivity contribution in [1.29, 1.82) is 0 Å². The van der Waals surface area contributed by atoms with Crippen LogP contribution in [0.3, 0.4) is 0 Å². The minimum atomic E-state index is -0.0444. The maximum absolute atomic E-state index is 9.08. The van der Waals surface area contributed by atoms with Crippen LogP contribution >= 0.6 is 0 Å². The van der Waals surface area contributed by atoms with Gasteiger partial charge in [0.2, 0.25) is 0 Å². The molecule has 0 amide bonds. The fraction of sp³-hybridized carbons (Fsp3) is 0.800. The van der Waals surface area contributed by atoms with Crippen molar-refractivity contribution in [1.82, 2.24) is 14.8 Å². The highest BCUT2D eigenvalue weighted by Crippen LogP contribution is 2.06. The first-order chi connectivity index (χ1) is 7.33. The molecule has 86 valence electrons. The molecule has 5 nitrogen and oxygen atoms in total. The van der Waals surface area contributed by atoms with Gasteiger partial charge in [0.25, 0.3) is 0 Å². The van der Waals surface area contributed by atoms with Crippen molar-refractivity contribution in [3.05, 3.63) is 11.6 Å². The molecule has 0 radical (unpaired) electrons. The van der Waals surface area contributed by atoms with Gasteiger partial charge in [-0.1, -0.05) is 6.92 Å². The lowest BCUT2D eigenvalue weighted by molar-refractivity contribution is 0.194. The van der Waals surface area contributed by atoms with Crippen LogP contribution in [-0.4, -0.2) is 33.6 Å². The van der Waals surface area contributed by atoms with E-state index in [1.165, 1.54) is 0 Å². The number of aliphatic hydroxyl groups is 1. The van der Waals surface area contributed by atoms with E-state index < -0.39 is 0 Å². The van der Waals surface area contributed by atoms with E-state index in [2.05, 4.69) is 17.1 Å². The van der Waals surface area contributed by atoms with E-state index in [4.69, 9.17) is 9.84 Å². The lowest BCUT2D eigenvalue weighted by Gasteiger charge is -2.07. The van der Waals surface area contributed by atoms with E-state index in [-0.39, 0.29) is 6.61 Å². The molecule has 0 bridgehead atoms. The molecule has 1 aromatic heterocycles. The lowest BCUT2D eigenvalue weighted by Crippen LogP contribution is -2.08. The number of aryl methyl sites for hydroxylation is 1. The summed E-state index contributed by atoms with van der Waals surface area (Å²) < 4.78 is 6.99. The summed E-state index contributed by atoms with van der Waals surface area (Å²) in [5.74, 6) is 1.60. The topological polar surface area (TPSA) is 60.2 Å². The SMILES string of the molecule is CCCn1c(CO)nnc1CCCOC. The third-order valence-electron chi connectivity index (χ3n) is 2.24. The Kier molecular flexibility index (Phi) is 5.28. The molecule has 0 unspecified atom stereocenters. The number of rotatable bonds is 7. The molecular weight excluding hydrogens is 194 g/mol. The van der Waals surface area contributed by atoms with Gasteiger partial charge in [0.05, 0.1) is 0 Å². The Balaban J connectivity index is 2.64. The van der Waals surface area contributed by atoms with Gasteiger partial charge in [-0.2, -0.15) is 0 Å². The number of hydrogen-bond donors (Lipinski definition) is 1. The lowest BCUT2D eigenvalue weighted by atomic mass is 10.3. The largest absolute Gasteiger partial charge is 0.388 e. The van der Waals surface area contributed by atoms with Crippen LogP contribution in [0.4, 0.5) is 0 Å². The van der Waals surface area contributed by atoms with Gasteiger partial charge in [-0.25, -0.2) is 0 Å². The van der Waals surface area contributed by atoms with Crippen LogP contribution in [0.1, 0.15) is 31.4 Å². The first-order valence-corrected chi connectivity index (χ1v) is 5.34. The van der Waals surface area contributed by atoms with Crippen LogP contribution in [0.15, 0.2) is 0 Å². The van der Waals surface area contributed by atoms with Crippen molar-refractivity contribution in [2.24, 2.45) is 0 Å². The Hall–Kier alpha value is -0.940. The second-order valence-corrected chi connectivity index (χ2v) is 3.44. The predicted molar refractivity (Wildman–Crippen MR) is 56.4 cm³/mol. The van der Waals surface area contributed by atoms with Crippen molar-refractivity contribution in [2.75, 3.05) is 13.7 Å². The average Bonchev–Trinajstić information content (AvgIpc) is 2.62. The van der Waals surface area contributed by atoms with Crippen LogP contribution in [0, 0.1) is 0 Å². The summed E-state index contributed by atoms with van der Waals surface area (Å²) >= 11 is 0. The van der Waals surface area contributed by atoms with Crippen molar-refractivity contribution < 1.29 is 9.84 Å². The van der Waals surface area contributed by atoms with E-state index >= 15 is 0 Å². The van der Waals surface area contributed by atoms with Gasteiger partial charge < -0.3 is 14.4 Å². The van der Waals surface area contributed by atoms with Gasteiger partial charge in [-0.05, 0) is 12.8 Å². The number of nitrogens with zero attached hydrogens (tertiary/aromatic N) is 3. The molecule has 0 fully saturated rings. The molecule has 1 N–H and O–H groups in total. The maximum Gasteiger partial charge on any atom is 0.158 e. The predicted octanol–water partition coefficient (Wildman–Crippen LogP) is 0.759. The first kappa shape index (κ1) is 12.1. The monoisotopic (exact) mass is 213 g/mol. The third-order valence-corrected chi connectivity index (χ3v) is 2.24. The molecule has 5 heteroatoms. The highest BCUT2D eigenvalue weighted by atomic mass is 16.5. The molecule has 0 aliphatic rings. The smallest absolute Gasteiger partial charge is 0.158 e. The highest BCUT2D eigenvalue weighted by molar-refractivity contribution is 4.95. The molecule has 1 heterocycles. The number of ether oxygens (including phenoxy) is 1. The summed E-state index contributed by atoms with van der Waals surface area (Å²) in [6.07, 6.45) is 2.80. The first-order valence-electron chi connectivity index (χ1n) is 5.34. The zero-order chi connectivity index (χ0) is 11.1. The molecule has 0 saturated carbocycles. The molecular formula is C10H19N3O2. The summed E-state index contributed by atoms with van der Waals surface area (Å²) in [7, 11) is 1.69. The second-order valence-electron chi connectivity index (χ2n) is 3.44. The molecule has 1 aromatic rings. The van der Waals surface area contributed by atoms with Crippen LogP contribution in [0.2, 0.25) is 0 Å². The third kappa shape index (κ3) is 3.28. The van der Waals surface area contributed by atoms with E-state index in [0.29, 0.717) is 5.82 Å². The summed E-state index contributed by atoms with van der Waals surface area (Å²) in [4.78, 5) is 0. The van der Waals surface area contributed by atoms with E-state index in [1.807, 2.05) is 4.57 Å². The normalized spacial score (nSPS) is 10.9. The minimum Gasteiger partial charge on any atom is -0.388 e. The Morgan fingerprint density at radius 2 is 2.07 bits per heavy atom. The zero-order valence-electron chi connectivity index (χ0n) is 9.44. The van der Waals surface area contributed by atoms with Crippen molar-refractivity contribution in [3.8, 4) is 0 Å². The standard InChI is InChI=1S/C10H19N3O2/c1-3-6-13-9(5-4-7-15-2)11-12-10(13)8-14/h14H,3-8H2,1-2H3. The molecule has 0 aliphatic carbocycles. The van der Waals surface area contributed by atoms with E-state index in [0.717, 1.165) is 38.2 Å². The van der Waals surface area contributed by atoms with E-state index in [9.17, 15) is 0 Å². The molecule has 0 atom stereocenters. The van der Waals surface area contributed by atoms with Crippen molar-refractivity contribution in [3.63, 3.8) is 0 Å². The Morgan fingerprint density at radius 3 is 2.67 bits per heavy atom. The molecule has 0 saturated heterocycles. The maximum atomic E-state index is 9.08. The quantitative estimate of drug-likeness (QED) is 0.679. The molecule has 0 aromatic carbocycles. The fourth-order valence-electron chi connectivity index (χ4n) is 1.53. The van der Waals surface area contributed by atoms with Crippen LogP contribution < -0.4 is 0 Å². The molecule has 15 heavy (non-hydrogen) atoms. The number of aliphatic hydroxyl groups excluding tert-OH is 1. The molecule has 1 rings (SSSR count). The van der Waals surface area contributed by atoms with Gasteiger partial charge in [0.15, 0.2) is 5.82 Å². The fourth-order valence-corrected chi connectivity index (χ4v) is 1.53. The number of aromatic nitrogens is 3. The van der Waals surface area contributed by atoms with Crippen molar-refractivity contribution in [2.45, 2.75) is 39.3 Å². The van der Waals surface area contributed by atoms with Gasteiger partial charge in [0, 0.05) is 26.7 Å². The minimum absolute atomic E-state index is 0.0444. The van der Waals surface area contributed by atoms with Crippen molar-refractivity contribution >= 4 is 0 Å². The summed E-state index contributed by atoms with van der Waals surface area (Å²) in [5, 5.41) is 17.1. The summed E-state index contributed by atoms with van der Waals surface area (Å²) in [6, 6.07) is 0. The summed E-state index contributed by atoms with van der Waals surface area (Å²) in [6.45, 7) is 3.65. The van der Waals surface area contributed by atoms with Crippen LogP contribution in [0.25, 0.3) is 0 Å². The number of methoxy groups -OCH3 is 1. The van der Waals surface area contributed by atoms with E-state index in [1.54, 1.807) is 7.11 Å². The molecule has 0 aliphatic heterocycles. The van der Waals surface area contributed by atoms with Crippen LogP contribution in [-0.2, 0) is 24.3 Å². The van der Waals surface area contributed by atoms with Gasteiger partial charge >= 0.3 is 0 Å². The Morgan fingerprint density at radius 1 is 1.33 bits per heavy atom. The van der Waals surface area contributed by atoms with Gasteiger partial charge in [-0.15, -0.1) is 10.2 Å². The summed E-state index contributed by atoms with van der Waals surface area (Å²) in [5.41, 5.74) is 0. The van der Waals surface area contributed by atoms with Gasteiger partial charge in [0.1, 0.15) is 12.4 Å². The zero-order valence-corrected chi connectivity index (χ0v) is 9.44. The Bertz CT molecular complexity index is 286. The van der Waals surface area contributed by atoms with Crippen LogP contribution in [0.5, 0.6) is 0 Å². The second kappa shape index (κ2) is 6.53. The highest BCUT2D eigenvalue weighted by Gasteiger charge is 2.09. The Labute approximate surface area is 90.1 Å².